The van der Waals surface area contributed by atoms with Crippen LogP contribution < -0.4 is 0 Å². The molecule has 0 aromatic carbocycles. The molecular weight excluding hydrogens is 122 g/mol. The highest BCUT2D eigenvalue weighted by Gasteiger charge is 2.47. The van der Waals surface area contributed by atoms with Gasteiger partial charge in [0.1, 0.15) is 0 Å². The summed E-state index contributed by atoms with van der Waals surface area (Å²) >= 11 is 0. The summed E-state index contributed by atoms with van der Waals surface area (Å²) in [7, 11) is 2.43. The molecule has 10 heavy (non-hydrogen) atoms. The van der Waals surface area contributed by atoms with E-state index in [-0.39, 0.29) is 0 Å². The third-order valence-corrected chi connectivity index (χ3v) is 3.79. The SMILES string of the molecule is CC[N+]1(C)C[C@@H]2CC[C@@H]1C2. The fourth-order valence-electron chi connectivity index (χ4n) is 2.91. The summed E-state index contributed by atoms with van der Waals surface area (Å²) in [6, 6.07) is 1.04. The van der Waals surface area contributed by atoms with Crippen molar-refractivity contribution in [3.8, 4) is 0 Å². The molecule has 2 fully saturated rings. The third kappa shape index (κ3) is 0.731. The summed E-state index contributed by atoms with van der Waals surface area (Å²) in [6.45, 7) is 5.16. The van der Waals surface area contributed by atoms with Crippen LogP contribution >= 0.6 is 0 Å². The van der Waals surface area contributed by atoms with Crippen LogP contribution in [0.5, 0.6) is 0 Å². The Morgan fingerprint density at radius 3 is 2.50 bits per heavy atom. The van der Waals surface area contributed by atoms with E-state index in [1.54, 1.807) is 0 Å². The smallest absolute Gasteiger partial charge is 0.0893 e. The Morgan fingerprint density at radius 2 is 2.20 bits per heavy atom. The van der Waals surface area contributed by atoms with E-state index in [0.29, 0.717) is 0 Å². The molecule has 3 atom stereocenters. The molecule has 1 heterocycles. The van der Waals surface area contributed by atoms with Gasteiger partial charge in [-0.15, -0.1) is 0 Å². The Hall–Kier alpha value is -0.0400. The van der Waals surface area contributed by atoms with Gasteiger partial charge in [-0.05, 0) is 19.8 Å². The van der Waals surface area contributed by atoms with E-state index < -0.39 is 0 Å². The van der Waals surface area contributed by atoms with Gasteiger partial charge in [0.2, 0.25) is 0 Å². The van der Waals surface area contributed by atoms with Crippen molar-refractivity contribution in [3.05, 3.63) is 0 Å². The molecule has 1 aliphatic carbocycles. The van der Waals surface area contributed by atoms with E-state index in [9.17, 15) is 0 Å². The number of piperidine rings is 1. The highest BCUT2D eigenvalue weighted by Crippen LogP contribution is 2.41. The number of likely N-dealkylation sites (tertiary alicyclic amines) is 1. The van der Waals surface area contributed by atoms with E-state index >= 15 is 0 Å². The fourth-order valence-corrected chi connectivity index (χ4v) is 2.91. The minimum absolute atomic E-state index is 1.04. The Kier molecular flexibility index (Phi) is 1.31. The van der Waals surface area contributed by atoms with Crippen molar-refractivity contribution < 1.29 is 4.48 Å². The van der Waals surface area contributed by atoms with Crippen LogP contribution in [-0.4, -0.2) is 30.7 Å². The maximum Gasteiger partial charge on any atom is 0.0893 e. The molecule has 1 aliphatic heterocycles. The fraction of sp³-hybridized carbons (Fsp3) is 1.00. The van der Waals surface area contributed by atoms with Gasteiger partial charge in [0.25, 0.3) is 0 Å². The zero-order chi connectivity index (χ0) is 7.19. The van der Waals surface area contributed by atoms with Gasteiger partial charge in [0, 0.05) is 12.3 Å². The van der Waals surface area contributed by atoms with Crippen molar-refractivity contribution in [1.82, 2.24) is 0 Å². The molecule has 58 valence electrons. The summed E-state index contributed by atoms with van der Waals surface area (Å²) in [6.07, 6.45) is 4.57. The lowest BCUT2D eigenvalue weighted by Gasteiger charge is -2.37. The zero-order valence-electron chi connectivity index (χ0n) is 7.14. The molecule has 0 N–H and O–H groups in total. The van der Waals surface area contributed by atoms with Gasteiger partial charge < -0.3 is 4.48 Å². The number of fused-ring (bicyclic) bond motifs is 2. The Labute approximate surface area is 63.6 Å². The Balaban J connectivity index is 2.14. The number of quaternary nitrogens is 1. The lowest BCUT2D eigenvalue weighted by atomic mass is 10.1. The number of rotatable bonds is 1. The van der Waals surface area contributed by atoms with Crippen molar-refractivity contribution in [3.63, 3.8) is 0 Å². The van der Waals surface area contributed by atoms with Gasteiger partial charge in [-0.1, -0.05) is 0 Å². The highest BCUT2D eigenvalue weighted by molar-refractivity contribution is 4.82. The topological polar surface area (TPSA) is 0 Å². The van der Waals surface area contributed by atoms with E-state index in [0.717, 1.165) is 12.0 Å². The van der Waals surface area contributed by atoms with Gasteiger partial charge in [-0.25, -0.2) is 0 Å². The van der Waals surface area contributed by atoms with Crippen LogP contribution in [0, 0.1) is 5.92 Å². The van der Waals surface area contributed by atoms with Crippen LogP contribution in [0.25, 0.3) is 0 Å². The molecule has 0 aromatic rings. The van der Waals surface area contributed by atoms with Crippen molar-refractivity contribution in [2.45, 2.75) is 32.2 Å². The maximum absolute atomic E-state index is 2.43. The summed E-state index contributed by atoms with van der Waals surface area (Å²) in [5.41, 5.74) is 0. The lowest BCUT2D eigenvalue weighted by molar-refractivity contribution is -0.924. The first-order valence-electron chi connectivity index (χ1n) is 4.59. The van der Waals surface area contributed by atoms with Gasteiger partial charge >= 0.3 is 0 Å². The maximum atomic E-state index is 2.43. The summed E-state index contributed by atoms with van der Waals surface area (Å²) in [4.78, 5) is 0. The van der Waals surface area contributed by atoms with Gasteiger partial charge in [-0.2, -0.15) is 0 Å². The average molecular weight is 140 g/mol. The van der Waals surface area contributed by atoms with Crippen LogP contribution in [0.4, 0.5) is 0 Å². The van der Waals surface area contributed by atoms with E-state index in [2.05, 4.69) is 14.0 Å². The Morgan fingerprint density at radius 1 is 1.40 bits per heavy atom. The van der Waals surface area contributed by atoms with Crippen LogP contribution in [0.15, 0.2) is 0 Å². The van der Waals surface area contributed by atoms with Crippen LogP contribution in [-0.2, 0) is 0 Å². The summed E-state index contributed by atoms with van der Waals surface area (Å²) in [5, 5.41) is 0. The molecule has 1 heteroatoms. The minimum Gasteiger partial charge on any atom is -0.324 e. The molecular formula is C9H18N+. The van der Waals surface area contributed by atoms with Crippen LogP contribution in [0.2, 0.25) is 0 Å². The lowest BCUT2D eigenvalue weighted by Crippen LogP contribution is -2.49. The molecule has 2 rings (SSSR count). The van der Waals surface area contributed by atoms with Crippen molar-refractivity contribution in [2.24, 2.45) is 5.92 Å². The van der Waals surface area contributed by atoms with Crippen molar-refractivity contribution >= 4 is 0 Å². The summed E-state index contributed by atoms with van der Waals surface area (Å²) < 4.78 is 1.38. The molecule has 1 saturated carbocycles. The standard InChI is InChI=1S/C9H18N/c1-3-10(2)7-8-4-5-9(10)6-8/h8-9H,3-7H2,1-2H3/q+1/t8-,9-,10?/m1/s1. The van der Waals surface area contributed by atoms with Crippen LogP contribution in [0.3, 0.4) is 0 Å². The molecule has 0 radical (unpaired) electrons. The van der Waals surface area contributed by atoms with E-state index in [1.165, 1.54) is 36.8 Å². The molecule has 0 amide bonds. The summed E-state index contributed by atoms with van der Waals surface area (Å²) in [5.74, 6) is 1.09. The van der Waals surface area contributed by atoms with E-state index in [4.69, 9.17) is 0 Å². The normalized spacial score (nSPS) is 52.2. The largest absolute Gasteiger partial charge is 0.324 e. The van der Waals surface area contributed by atoms with Crippen LogP contribution in [0.1, 0.15) is 26.2 Å². The predicted molar refractivity (Wildman–Crippen MR) is 42.7 cm³/mol. The third-order valence-electron chi connectivity index (χ3n) is 3.79. The molecule has 2 bridgehead atoms. The first-order valence-corrected chi connectivity index (χ1v) is 4.59. The number of hydrogen-bond donors (Lipinski definition) is 0. The van der Waals surface area contributed by atoms with Gasteiger partial charge in [0.15, 0.2) is 0 Å². The van der Waals surface area contributed by atoms with Crippen molar-refractivity contribution in [1.29, 1.82) is 0 Å². The second kappa shape index (κ2) is 1.97. The minimum atomic E-state index is 1.04. The molecule has 0 spiro atoms. The van der Waals surface area contributed by atoms with Gasteiger partial charge in [0.05, 0.1) is 26.2 Å². The first kappa shape index (κ1) is 6.66. The Bertz CT molecular complexity index is 144. The second-order valence-corrected chi connectivity index (χ2v) is 4.31. The molecule has 0 aromatic heterocycles. The molecule has 2 aliphatic rings. The average Bonchev–Trinajstić information content (AvgIpc) is 2.46. The molecule has 1 nitrogen and oxygen atoms in total. The molecule has 1 unspecified atom stereocenters. The number of nitrogens with zero attached hydrogens (tertiary/aromatic N) is 1. The highest BCUT2D eigenvalue weighted by atomic mass is 15.4. The van der Waals surface area contributed by atoms with Crippen molar-refractivity contribution in [2.75, 3.05) is 20.1 Å². The van der Waals surface area contributed by atoms with Gasteiger partial charge in [-0.3, -0.25) is 0 Å². The van der Waals surface area contributed by atoms with E-state index in [1.807, 2.05) is 0 Å². The monoisotopic (exact) mass is 140 g/mol. The second-order valence-electron chi connectivity index (χ2n) is 4.31. The quantitative estimate of drug-likeness (QED) is 0.486. The predicted octanol–water partition coefficient (Wildman–Crippen LogP) is 1.64. The molecule has 1 saturated heterocycles. The zero-order valence-corrected chi connectivity index (χ0v) is 7.14. The first-order chi connectivity index (χ1) is 4.74. The number of hydrogen-bond acceptors (Lipinski definition) is 0.